The van der Waals surface area contributed by atoms with E-state index in [9.17, 15) is 4.79 Å². The Morgan fingerprint density at radius 1 is 1.04 bits per heavy atom. The number of nitrogens with one attached hydrogen (secondary N) is 2. The maximum atomic E-state index is 13.0. The van der Waals surface area contributed by atoms with Crippen LogP contribution in [-0.4, -0.2) is 76.7 Å². The Kier molecular flexibility index (Phi) is 11.8. The summed E-state index contributed by atoms with van der Waals surface area (Å²) in [6, 6.07) is 14.4. The molecule has 0 bridgehead atoms. The van der Waals surface area contributed by atoms with Gasteiger partial charge in [-0.2, -0.15) is 0 Å². The Morgan fingerprint density at radius 2 is 1.81 bits per heavy atom. The molecule has 4 aromatic rings. The molecule has 0 unspecified atom stereocenters. The number of amides is 1. The molecule has 2 aromatic carbocycles. The second-order valence-corrected chi connectivity index (χ2v) is 18.3. The number of aromatic nitrogens is 3. The Bertz CT molecular complexity index is 2030. The molecule has 7 rings (SSSR count). The van der Waals surface area contributed by atoms with Gasteiger partial charge >= 0.3 is 0 Å². The molecule has 4 atom stereocenters. The molecule has 2 saturated carbocycles. The van der Waals surface area contributed by atoms with Gasteiger partial charge in [-0.15, -0.1) is 0 Å². The van der Waals surface area contributed by atoms with Gasteiger partial charge in [-0.3, -0.25) is 9.69 Å². The summed E-state index contributed by atoms with van der Waals surface area (Å²) in [5.74, 6) is 2.99. The van der Waals surface area contributed by atoms with Crippen molar-refractivity contribution in [2.75, 3.05) is 43.7 Å². The third kappa shape index (κ3) is 9.03. The fourth-order valence-corrected chi connectivity index (χ4v) is 9.13. The van der Waals surface area contributed by atoms with E-state index in [0.717, 1.165) is 78.2 Å². The molecule has 3 aliphatic rings. The summed E-state index contributed by atoms with van der Waals surface area (Å²) < 4.78 is 26.7. The van der Waals surface area contributed by atoms with E-state index in [1.807, 2.05) is 44.2 Å². The summed E-state index contributed by atoms with van der Waals surface area (Å²) in [6.45, 7) is 17.6. The molecule has 4 N–H and O–H groups in total. The number of rotatable bonds is 15. The first kappa shape index (κ1) is 40.8. The fourth-order valence-electron chi connectivity index (χ4n) is 9.13. The predicted molar refractivity (Wildman–Crippen MR) is 226 cm³/mol. The van der Waals surface area contributed by atoms with Gasteiger partial charge in [-0.1, -0.05) is 40.7 Å². The second kappa shape index (κ2) is 16.5. The first-order chi connectivity index (χ1) is 27.1. The van der Waals surface area contributed by atoms with E-state index < -0.39 is 5.79 Å². The molecule has 0 radical (unpaired) electrons. The van der Waals surface area contributed by atoms with E-state index in [-0.39, 0.29) is 29.6 Å². The number of hydrogen-bond donors (Lipinski definition) is 3. The normalized spacial score (nSPS) is 24.1. The number of anilines is 3. The van der Waals surface area contributed by atoms with Gasteiger partial charge in [-0.25, -0.2) is 9.97 Å². The minimum atomic E-state index is -0.668. The predicted octanol–water partition coefficient (Wildman–Crippen LogP) is 8.18. The summed E-state index contributed by atoms with van der Waals surface area (Å²) in [6.07, 6.45) is 8.16. The molecule has 2 aromatic heterocycles. The lowest BCUT2D eigenvalue weighted by molar-refractivity contribution is -0.161. The Labute approximate surface area is 338 Å². The zero-order chi connectivity index (χ0) is 40.6. The third-order valence-corrected chi connectivity index (χ3v) is 12.1. The molecule has 12 nitrogen and oxygen atoms in total. The van der Waals surface area contributed by atoms with Crippen LogP contribution >= 0.6 is 0 Å². The van der Waals surface area contributed by atoms with E-state index in [1.165, 1.54) is 0 Å². The van der Waals surface area contributed by atoms with Gasteiger partial charge in [0.1, 0.15) is 35.4 Å². The van der Waals surface area contributed by atoms with Crippen LogP contribution < -0.4 is 25.8 Å². The van der Waals surface area contributed by atoms with E-state index >= 15 is 0 Å². The quantitative estimate of drug-likeness (QED) is 0.101. The molecule has 3 heterocycles. The maximum absolute atomic E-state index is 13.0. The molecule has 1 aliphatic heterocycles. The average molecular weight is 782 g/mol. The first-order valence-corrected chi connectivity index (χ1v) is 20.7. The van der Waals surface area contributed by atoms with Crippen molar-refractivity contribution in [3.05, 3.63) is 66.1 Å². The lowest BCUT2D eigenvalue weighted by Gasteiger charge is -2.45. The van der Waals surface area contributed by atoms with Crippen LogP contribution in [0.1, 0.15) is 97.7 Å². The minimum Gasteiger partial charge on any atom is -0.497 e. The Balaban J connectivity index is 0.995. The van der Waals surface area contributed by atoms with Crippen LogP contribution in [0.25, 0.3) is 11.0 Å². The lowest BCUT2D eigenvalue weighted by atomic mass is 9.76. The van der Waals surface area contributed by atoms with Crippen molar-refractivity contribution in [1.29, 1.82) is 0 Å². The lowest BCUT2D eigenvalue weighted by Crippen LogP contribution is -2.49. The number of fused-ring (bicyclic) bond motifs is 2. The van der Waals surface area contributed by atoms with Gasteiger partial charge in [-0.05, 0) is 92.7 Å². The van der Waals surface area contributed by atoms with Crippen molar-refractivity contribution in [3.8, 4) is 11.5 Å². The molecule has 1 amide bonds. The number of benzene rings is 2. The van der Waals surface area contributed by atoms with Crippen molar-refractivity contribution in [1.82, 2.24) is 19.4 Å². The average Bonchev–Trinajstić information content (AvgIpc) is 3.81. The minimum absolute atomic E-state index is 0.00147. The summed E-state index contributed by atoms with van der Waals surface area (Å²) in [4.78, 5) is 25.1. The fraction of sp³-hybridized carbons (Fsp3) is 0.578. The monoisotopic (exact) mass is 781 g/mol. The van der Waals surface area contributed by atoms with Crippen LogP contribution in [0.15, 0.2) is 55.0 Å². The number of methoxy groups -OCH3 is 2. The number of nitrogens with two attached hydrogens (primary N) is 1. The number of carbonyl (C=O) groups excluding carboxylic acids is 1. The molecule has 1 saturated heterocycles. The van der Waals surface area contributed by atoms with E-state index in [1.54, 1.807) is 20.5 Å². The number of nitrogens with zero attached hydrogens (tertiary/aromatic N) is 4. The highest BCUT2D eigenvalue weighted by Gasteiger charge is 2.55. The zero-order valence-electron chi connectivity index (χ0n) is 35.3. The van der Waals surface area contributed by atoms with Crippen molar-refractivity contribution >= 4 is 34.1 Å². The standard InChI is InChI=1S/C45H63N7O5/c1-27(2)24-51(32-18-28(19-32)10-15-39(53)50-36-14-12-31(21-35(36)46)44(3,4)5)25-30-20-37(41-40(30)56-45(6,7)57-41)52-17-16-34-42(48-26-49-43(34)52)47-23-29-11-13-33(54-8)22-38(29)55-9/h11-14,16-17,21-22,26-28,30,32,37,40-41H,10,15,18-20,23-25,46H2,1-9H3,(H,50,53)(H,47,48,49)/t28?,30-,32?,37-,40-,41+/m1/s1. The summed E-state index contributed by atoms with van der Waals surface area (Å²) in [5, 5.41) is 7.54. The molecular weight excluding hydrogens is 719 g/mol. The Hall–Kier alpha value is -4.39. The molecular formula is C45H63N7O5. The van der Waals surface area contributed by atoms with Crippen LogP contribution in [0, 0.1) is 17.8 Å². The molecule has 12 heteroatoms. The van der Waals surface area contributed by atoms with Gasteiger partial charge in [0.05, 0.1) is 43.1 Å². The SMILES string of the molecule is COc1ccc(CNc2ncnc3c2ccn3[C@@H]2C[C@H](CN(CC(C)C)C3CC(CCC(=O)Nc4ccc(C(C)(C)C)cc4N)C3)[C@H]3OC(C)(C)O[C@H]32)c(OC)c1. The zero-order valence-corrected chi connectivity index (χ0v) is 35.3. The highest BCUT2D eigenvalue weighted by molar-refractivity contribution is 5.94. The van der Waals surface area contributed by atoms with Gasteiger partial charge < -0.3 is 39.9 Å². The van der Waals surface area contributed by atoms with Gasteiger partial charge in [0.2, 0.25) is 5.91 Å². The van der Waals surface area contributed by atoms with Crippen molar-refractivity contribution < 1.29 is 23.7 Å². The molecule has 2 aliphatic carbocycles. The molecule has 0 spiro atoms. The molecule has 308 valence electrons. The smallest absolute Gasteiger partial charge is 0.224 e. The van der Waals surface area contributed by atoms with Crippen molar-refractivity contribution in [3.63, 3.8) is 0 Å². The van der Waals surface area contributed by atoms with Crippen molar-refractivity contribution in [2.24, 2.45) is 17.8 Å². The van der Waals surface area contributed by atoms with Crippen LogP contribution in [0.2, 0.25) is 0 Å². The summed E-state index contributed by atoms with van der Waals surface area (Å²) in [5.41, 5.74) is 10.7. The topological polar surface area (TPSA) is 138 Å². The number of hydrogen-bond acceptors (Lipinski definition) is 10. The highest BCUT2D eigenvalue weighted by Crippen LogP contribution is 2.49. The van der Waals surface area contributed by atoms with Crippen molar-refractivity contribution in [2.45, 2.75) is 123 Å². The Morgan fingerprint density at radius 3 is 2.51 bits per heavy atom. The summed E-state index contributed by atoms with van der Waals surface area (Å²) in [7, 11) is 3.32. The highest BCUT2D eigenvalue weighted by atomic mass is 16.8. The van der Waals surface area contributed by atoms with Crippen LogP contribution in [0.4, 0.5) is 17.2 Å². The van der Waals surface area contributed by atoms with Gasteiger partial charge in [0.15, 0.2) is 5.79 Å². The van der Waals surface area contributed by atoms with E-state index in [4.69, 9.17) is 29.7 Å². The van der Waals surface area contributed by atoms with Crippen LogP contribution in [0.5, 0.6) is 11.5 Å². The number of ether oxygens (including phenoxy) is 4. The van der Waals surface area contributed by atoms with Crippen LogP contribution in [-0.2, 0) is 26.2 Å². The number of carbonyl (C=O) groups is 1. The van der Waals surface area contributed by atoms with Crippen LogP contribution in [0.3, 0.4) is 0 Å². The van der Waals surface area contributed by atoms with E-state index in [0.29, 0.717) is 48.1 Å². The molecule has 3 fully saturated rings. The van der Waals surface area contributed by atoms with Gasteiger partial charge in [0, 0.05) is 55.8 Å². The first-order valence-electron chi connectivity index (χ1n) is 20.7. The molecule has 57 heavy (non-hydrogen) atoms. The summed E-state index contributed by atoms with van der Waals surface area (Å²) >= 11 is 0. The maximum Gasteiger partial charge on any atom is 0.224 e. The van der Waals surface area contributed by atoms with E-state index in [2.05, 4.69) is 78.0 Å². The largest absolute Gasteiger partial charge is 0.497 e. The third-order valence-electron chi connectivity index (χ3n) is 12.1. The second-order valence-electron chi connectivity index (χ2n) is 18.3. The van der Waals surface area contributed by atoms with Gasteiger partial charge in [0.25, 0.3) is 0 Å². The number of nitrogen functional groups attached to an aromatic ring is 1.